The lowest BCUT2D eigenvalue weighted by atomic mass is 9.72. The molecule has 1 unspecified atom stereocenters. The van der Waals surface area contributed by atoms with Crippen LogP contribution in [0, 0.1) is 0 Å². The predicted molar refractivity (Wildman–Crippen MR) is 77.1 cm³/mol. The summed E-state index contributed by atoms with van der Waals surface area (Å²) in [7, 11) is 3.83. The maximum Gasteiger partial charge on any atom is 0.0873 e. The van der Waals surface area contributed by atoms with E-state index in [4.69, 9.17) is 4.74 Å². The van der Waals surface area contributed by atoms with Gasteiger partial charge in [-0.1, -0.05) is 24.3 Å². The molecular formula is C16H20N2O. The van der Waals surface area contributed by atoms with Crippen LogP contribution < -0.4 is 5.32 Å². The number of pyridine rings is 1. The fourth-order valence-electron chi connectivity index (χ4n) is 3.21. The van der Waals surface area contributed by atoms with E-state index in [1.165, 1.54) is 22.8 Å². The quantitative estimate of drug-likeness (QED) is 0.913. The molecule has 0 aliphatic heterocycles. The first-order valence-electron chi connectivity index (χ1n) is 6.86. The third-order valence-corrected chi connectivity index (χ3v) is 4.43. The minimum atomic E-state index is -0.0689. The Kier molecular flexibility index (Phi) is 3.25. The predicted octanol–water partition coefficient (Wildman–Crippen LogP) is 3.06. The number of fused-ring (bicyclic) bond motifs is 1. The summed E-state index contributed by atoms with van der Waals surface area (Å²) in [6.45, 7) is 0. The summed E-state index contributed by atoms with van der Waals surface area (Å²) in [5.74, 6) is 0. The van der Waals surface area contributed by atoms with Crippen LogP contribution in [0.1, 0.15) is 30.9 Å². The van der Waals surface area contributed by atoms with Gasteiger partial charge in [0.1, 0.15) is 0 Å². The molecule has 0 amide bonds. The Morgan fingerprint density at radius 2 is 2.05 bits per heavy atom. The molecule has 2 aromatic rings. The number of ether oxygens (including phenoxy) is 1. The molecule has 1 aromatic heterocycles. The van der Waals surface area contributed by atoms with E-state index in [1.54, 1.807) is 0 Å². The minimum absolute atomic E-state index is 0.0689. The van der Waals surface area contributed by atoms with Gasteiger partial charge in [-0.3, -0.25) is 4.98 Å². The summed E-state index contributed by atoms with van der Waals surface area (Å²) in [5, 5.41) is 5.89. The molecule has 0 saturated heterocycles. The minimum Gasteiger partial charge on any atom is -0.376 e. The van der Waals surface area contributed by atoms with Crippen LogP contribution in [0.15, 0.2) is 36.7 Å². The number of aromatic nitrogens is 1. The molecule has 1 fully saturated rings. The molecule has 1 heterocycles. The summed E-state index contributed by atoms with van der Waals surface area (Å²) in [6, 6.07) is 8.61. The molecule has 3 heteroatoms. The lowest BCUT2D eigenvalue weighted by Crippen LogP contribution is -2.49. The fraction of sp³-hybridized carbons (Fsp3) is 0.438. The van der Waals surface area contributed by atoms with Gasteiger partial charge in [-0.25, -0.2) is 0 Å². The van der Waals surface area contributed by atoms with Gasteiger partial charge in [0, 0.05) is 24.9 Å². The monoisotopic (exact) mass is 256 g/mol. The largest absolute Gasteiger partial charge is 0.376 e. The second kappa shape index (κ2) is 4.91. The van der Waals surface area contributed by atoms with Crippen molar-refractivity contribution in [3.05, 3.63) is 42.2 Å². The van der Waals surface area contributed by atoms with Gasteiger partial charge in [0.25, 0.3) is 0 Å². The highest BCUT2D eigenvalue weighted by Crippen LogP contribution is 2.45. The van der Waals surface area contributed by atoms with Crippen LogP contribution in [-0.4, -0.2) is 24.7 Å². The molecule has 19 heavy (non-hydrogen) atoms. The van der Waals surface area contributed by atoms with Crippen molar-refractivity contribution in [1.29, 1.82) is 0 Å². The zero-order chi connectivity index (χ0) is 13.3. The molecule has 0 radical (unpaired) electrons. The normalized spacial score (nSPS) is 19.1. The maximum absolute atomic E-state index is 5.84. The number of benzene rings is 1. The molecule has 1 aliphatic rings. The van der Waals surface area contributed by atoms with E-state index in [9.17, 15) is 0 Å². The van der Waals surface area contributed by atoms with Crippen molar-refractivity contribution >= 4 is 10.8 Å². The number of likely N-dealkylation sites (N-methyl/N-ethyl adjacent to an activating group) is 1. The zero-order valence-corrected chi connectivity index (χ0v) is 11.5. The van der Waals surface area contributed by atoms with Crippen LogP contribution in [0.2, 0.25) is 0 Å². The molecule has 3 nitrogen and oxygen atoms in total. The third-order valence-electron chi connectivity index (χ3n) is 4.43. The molecule has 0 spiro atoms. The summed E-state index contributed by atoms with van der Waals surface area (Å²) in [4.78, 5) is 4.39. The second-order valence-electron chi connectivity index (χ2n) is 5.29. The molecule has 3 rings (SSSR count). The third kappa shape index (κ3) is 1.94. The Bertz CT molecular complexity index is 567. The summed E-state index contributed by atoms with van der Waals surface area (Å²) >= 11 is 0. The van der Waals surface area contributed by atoms with E-state index in [-0.39, 0.29) is 11.6 Å². The number of hydrogen-bond acceptors (Lipinski definition) is 3. The average Bonchev–Trinajstić information content (AvgIpc) is 2.42. The van der Waals surface area contributed by atoms with Gasteiger partial charge >= 0.3 is 0 Å². The van der Waals surface area contributed by atoms with Crippen molar-refractivity contribution < 1.29 is 4.74 Å². The van der Waals surface area contributed by atoms with Crippen molar-refractivity contribution in [1.82, 2.24) is 10.3 Å². The van der Waals surface area contributed by atoms with E-state index in [1.807, 2.05) is 26.6 Å². The highest BCUT2D eigenvalue weighted by molar-refractivity contribution is 5.85. The van der Waals surface area contributed by atoms with Crippen LogP contribution in [-0.2, 0) is 4.74 Å². The number of nitrogens with one attached hydrogen (secondary N) is 1. The molecule has 1 N–H and O–H groups in total. The Hall–Kier alpha value is -1.45. The lowest BCUT2D eigenvalue weighted by Gasteiger charge is -2.46. The van der Waals surface area contributed by atoms with Crippen LogP contribution >= 0.6 is 0 Å². The zero-order valence-electron chi connectivity index (χ0n) is 11.5. The van der Waals surface area contributed by atoms with E-state index in [0.717, 1.165) is 12.8 Å². The van der Waals surface area contributed by atoms with Gasteiger partial charge in [0.15, 0.2) is 0 Å². The summed E-state index contributed by atoms with van der Waals surface area (Å²) in [6.07, 6.45) is 7.36. The van der Waals surface area contributed by atoms with Crippen molar-refractivity contribution in [3.63, 3.8) is 0 Å². The molecule has 1 aromatic carbocycles. The fourth-order valence-corrected chi connectivity index (χ4v) is 3.21. The Balaban J connectivity index is 2.11. The SMILES string of the molecule is CNC(c1cncc2ccccc12)C1(OC)CCC1. The second-order valence-corrected chi connectivity index (χ2v) is 5.29. The Morgan fingerprint density at radius 1 is 1.26 bits per heavy atom. The van der Waals surface area contributed by atoms with E-state index in [0.29, 0.717) is 0 Å². The summed E-state index contributed by atoms with van der Waals surface area (Å²) < 4.78 is 5.84. The number of rotatable bonds is 4. The van der Waals surface area contributed by atoms with Gasteiger partial charge < -0.3 is 10.1 Å². The van der Waals surface area contributed by atoms with E-state index < -0.39 is 0 Å². The van der Waals surface area contributed by atoms with Gasteiger partial charge in [0.05, 0.1) is 11.6 Å². The first-order chi connectivity index (χ1) is 9.30. The maximum atomic E-state index is 5.84. The number of nitrogens with zero attached hydrogens (tertiary/aromatic N) is 1. The van der Waals surface area contributed by atoms with E-state index in [2.05, 4.69) is 34.6 Å². The Morgan fingerprint density at radius 3 is 2.68 bits per heavy atom. The molecule has 1 atom stereocenters. The van der Waals surface area contributed by atoms with Crippen molar-refractivity contribution in [3.8, 4) is 0 Å². The highest BCUT2D eigenvalue weighted by atomic mass is 16.5. The first-order valence-corrected chi connectivity index (χ1v) is 6.86. The van der Waals surface area contributed by atoms with Gasteiger partial charge in [-0.2, -0.15) is 0 Å². The molecular weight excluding hydrogens is 236 g/mol. The topological polar surface area (TPSA) is 34.2 Å². The van der Waals surface area contributed by atoms with Crippen LogP contribution in [0.4, 0.5) is 0 Å². The number of hydrogen-bond donors (Lipinski definition) is 1. The van der Waals surface area contributed by atoms with Gasteiger partial charge in [-0.15, -0.1) is 0 Å². The van der Waals surface area contributed by atoms with Crippen LogP contribution in [0.5, 0.6) is 0 Å². The van der Waals surface area contributed by atoms with Crippen molar-refractivity contribution in [2.75, 3.05) is 14.2 Å². The van der Waals surface area contributed by atoms with Gasteiger partial charge in [-0.05, 0) is 37.3 Å². The van der Waals surface area contributed by atoms with Crippen molar-refractivity contribution in [2.45, 2.75) is 30.9 Å². The van der Waals surface area contributed by atoms with Crippen molar-refractivity contribution in [2.24, 2.45) is 0 Å². The van der Waals surface area contributed by atoms with Crippen LogP contribution in [0.3, 0.4) is 0 Å². The standard InChI is InChI=1S/C16H20N2O/c1-17-15(16(19-2)8-5-9-16)14-11-18-10-12-6-3-4-7-13(12)14/h3-4,6-7,10-11,15,17H,5,8-9H2,1-2H3. The smallest absolute Gasteiger partial charge is 0.0873 e. The first kappa shape index (κ1) is 12.6. The van der Waals surface area contributed by atoms with E-state index >= 15 is 0 Å². The average molecular weight is 256 g/mol. The molecule has 1 aliphatic carbocycles. The Labute approximate surface area is 114 Å². The van der Waals surface area contributed by atoms with Gasteiger partial charge in [0.2, 0.25) is 0 Å². The lowest BCUT2D eigenvalue weighted by molar-refractivity contribution is -0.0980. The molecule has 100 valence electrons. The number of methoxy groups -OCH3 is 1. The highest BCUT2D eigenvalue weighted by Gasteiger charge is 2.45. The summed E-state index contributed by atoms with van der Waals surface area (Å²) in [5.41, 5.74) is 1.17. The molecule has 1 saturated carbocycles. The van der Waals surface area contributed by atoms with Crippen LogP contribution in [0.25, 0.3) is 10.8 Å². The molecule has 0 bridgehead atoms.